The molecule has 0 spiro atoms. The number of piperidine rings is 1. The maximum absolute atomic E-state index is 12.0. The number of rotatable bonds is 3. The van der Waals surface area contributed by atoms with Gasteiger partial charge in [-0.05, 0) is 47.0 Å². The van der Waals surface area contributed by atoms with Gasteiger partial charge in [0.2, 0.25) is 0 Å². The van der Waals surface area contributed by atoms with E-state index < -0.39 is 5.97 Å². The van der Waals surface area contributed by atoms with Crippen LogP contribution in [0.4, 0.5) is 0 Å². The number of aryl methyl sites for hydroxylation is 1. The third-order valence-corrected chi connectivity index (χ3v) is 3.63. The second kappa shape index (κ2) is 5.59. The zero-order chi connectivity index (χ0) is 14.0. The molecule has 0 aromatic carbocycles. The Labute approximate surface area is 113 Å². The topological polar surface area (TPSA) is 60.2 Å². The SMILES string of the molecule is CCOC(=O)c1nnc(C)n1N1C(C)CCCC1C. The summed E-state index contributed by atoms with van der Waals surface area (Å²) < 4.78 is 6.88. The minimum absolute atomic E-state index is 0.278. The van der Waals surface area contributed by atoms with Gasteiger partial charge < -0.3 is 9.75 Å². The lowest BCUT2D eigenvalue weighted by Crippen LogP contribution is -2.52. The lowest BCUT2D eigenvalue weighted by atomic mass is 10.00. The quantitative estimate of drug-likeness (QED) is 0.779. The van der Waals surface area contributed by atoms with Crippen molar-refractivity contribution in [3.63, 3.8) is 0 Å². The maximum Gasteiger partial charge on any atom is 0.378 e. The van der Waals surface area contributed by atoms with E-state index in [0.717, 1.165) is 18.7 Å². The van der Waals surface area contributed by atoms with Gasteiger partial charge in [-0.2, -0.15) is 0 Å². The highest BCUT2D eigenvalue weighted by molar-refractivity contribution is 5.85. The predicted molar refractivity (Wildman–Crippen MR) is 71.7 cm³/mol. The Morgan fingerprint density at radius 3 is 2.53 bits per heavy atom. The fourth-order valence-corrected chi connectivity index (χ4v) is 2.76. The van der Waals surface area contributed by atoms with E-state index in [1.54, 1.807) is 6.92 Å². The van der Waals surface area contributed by atoms with Crippen LogP contribution in [0.3, 0.4) is 0 Å². The van der Waals surface area contributed by atoms with Crippen LogP contribution in [0.1, 0.15) is 56.5 Å². The highest BCUT2D eigenvalue weighted by Crippen LogP contribution is 2.22. The molecule has 2 atom stereocenters. The third-order valence-electron chi connectivity index (χ3n) is 3.63. The molecule has 19 heavy (non-hydrogen) atoms. The van der Waals surface area contributed by atoms with Gasteiger partial charge >= 0.3 is 5.97 Å². The van der Waals surface area contributed by atoms with Crippen molar-refractivity contribution < 1.29 is 9.53 Å². The summed E-state index contributed by atoms with van der Waals surface area (Å²) in [4.78, 5) is 12.0. The highest BCUT2D eigenvalue weighted by atomic mass is 16.5. The van der Waals surface area contributed by atoms with Crippen LogP contribution in [0.25, 0.3) is 0 Å². The Hall–Kier alpha value is -1.59. The first-order chi connectivity index (χ1) is 9.06. The third kappa shape index (κ3) is 2.57. The monoisotopic (exact) mass is 266 g/mol. The molecule has 0 radical (unpaired) electrons. The fourth-order valence-electron chi connectivity index (χ4n) is 2.76. The number of carbonyl (C=O) groups excluding carboxylic acids is 1. The molecule has 6 heteroatoms. The van der Waals surface area contributed by atoms with Gasteiger partial charge in [-0.1, -0.05) is 0 Å². The molecule has 0 N–H and O–H groups in total. The van der Waals surface area contributed by atoms with Crippen molar-refractivity contribution in [2.45, 2.75) is 59.0 Å². The van der Waals surface area contributed by atoms with Crippen LogP contribution in [-0.4, -0.2) is 39.5 Å². The van der Waals surface area contributed by atoms with Crippen molar-refractivity contribution in [3.8, 4) is 0 Å². The highest BCUT2D eigenvalue weighted by Gasteiger charge is 2.30. The summed E-state index contributed by atoms with van der Waals surface area (Å²) in [6, 6.07) is 0.734. The molecule has 1 aliphatic heterocycles. The molecule has 106 valence electrons. The predicted octanol–water partition coefficient (Wildman–Crippen LogP) is 1.66. The lowest BCUT2D eigenvalue weighted by molar-refractivity contribution is 0.0502. The van der Waals surface area contributed by atoms with Crippen LogP contribution in [0.15, 0.2) is 0 Å². The summed E-state index contributed by atoms with van der Waals surface area (Å²) in [6.07, 6.45) is 3.45. The van der Waals surface area contributed by atoms with Crippen molar-refractivity contribution in [3.05, 3.63) is 11.6 Å². The molecule has 6 nitrogen and oxygen atoms in total. The minimum atomic E-state index is -0.409. The normalized spacial score (nSPS) is 23.5. The van der Waals surface area contributed by atoms with Crippen molar-refractivity contribution in [1.82, 2.24) is 14.9 Å². The Kier molecular flexibility index (Phi) is 4.07. The second-order valence-electron chi connectivity index (χ2n) is 5.11. The molecular weight excluding hydrogens is 244 g/mol. The summed E-state index contributed by atoms with van der Waals surface area (Å²) in [5, 5.41) is 10.2. The molecule has 0 aliphatic carbocycles. The van der Waals surface area contributed by atoms with Gasteiger partial charge in [0.25, 0.3) is 5.82 Å². The van der Waals surface area contributed by atoms with Gasteiger partial charge in [0.15, 0.2) is 0 Å². The molecule has 1 aromatic rings. The Morgan fingerprint density at radius 2 is 1.95 bits per heavy atom. The molecule has 2 unspecified atom stereocenters. The Bertz CT molecular complexity index is 447. The van der Waals surface area contributed by atoms with Crippen molar-refractivity contribution in [1.29, 1.82) is 0 Å². The molecule has 0 bridgehead atoms. The second-order valence-corrected chi connectivity index (χ2v) is 5.11. The van der Waals surface area contributed by atoms with Crippen LogP contribution in [-0.2, 0) is 4.74 Å². The van der Waals surface area contributed by atoms with E-state index in [-0.39, 0.29) is 5.82 Å². The van der Waals surface area contributed by atoms with Gasteiger partial charge in [-0.3, -0.25) is 0 Å². The largest absolute Gasteiger partial charge is 0.460 e. The zero-order valence-corrected chi connectivity index (χ0v) is 12.1. The first-order valence-corrected chi connectivity index (χ1v) is 6.94. The summed E-state index contributed by atoms with van der Waals surface area (Å²) in [6.45, 7) is 8.34. The average Bonchev–Trinajstić information content (AvgIpc) is 2.72. The molecule has 2 rings (SSSR count). The average molecular weight is 266 g/mol. The van der Waals surface area contributed by atoms with Gasteiger partial charge in [0, 0.05) is 12.1 Å². The van der Waals surface area contributed by atoms with Gasteiger partial charge in [0.05, 0.1) is 6.61 Å². The zero-order valence-electron chi connectivity index (χ0n) is 12.1. The molecule has 2 heterocycles. The number of esters is 1. The molecule has 0 amide bonds. The van der Waals surface area contributed by atoms with Crippen LogP contribution in [0, 0.1) is 6.92 Å². The summed E-state index contributed by atoms with van der Waals surface area (Å²) >= 11 is 0. The Balaban J connectivity index is 2.37. The van der Waals surface area contributed by atoms with E-state index in [1.165, 1.54) is 6.42 Å². The first-order valence-electron chi connectivity index (χ1n) is 6.94. The molecule has 0 saturated carbocycles. The van der Waals surface area contributed by atoms with Crippen LogP contribution in [0.2, 0.25) is 0 Å². The van der Waals surface area contributed by atoms with E-state index >= 15 is 0 Å². The van der Waals surface area contributed by atoms with E-state index in [9.17, 15) is 4.79 Å². The molecule has 1 saturated heterocycles. The summed E-state index contributed by atoms with van der Waals surface area (Å²) in [7, 11) is 0. The molecular formula is C13H22N4O2. The number of hydrogen-bond acceptors (Lipinski definition) is 5. The number of hydrogen-bond donors (Lipinski definition) is 0. The summed E-state index contributed by atoms with van der Waals surface area (Å²) in [5.74, 6) is 0.594. The molecule has 1 fully saturated rings. The minimum Gasteiger partial charge on any atom is -0.460 e. The fraction of sp³-hybridized carbons (Fsp3) is 0.769. The van der Waals surface area contributed by atoms with Gasteiger partial charge in [-0.15, -0.1) is 10.2 Å². The van der Waals surface area contributed by atoms with E-state index in [1.807, 2.05) is 11.6 Å². The van der Waals surface area contributed by atoms with Crippen LogP contribution in [0.5, 0.6) is 0 Å². The van der Waals surface area contributed by atoms with Crippen molar-refractivity contribution in [2.24, 2.45) is 0 Å². The first kappa shape index (κ1) is 13.8. The van der Waals surface area contributed by atoms with Crippen LogP contribution < -0.4 is 5.01 Å². The van der Waals surface area contributed by atoms with Gasteiger partial charge in [-0.25, -0.2) is 9.47 Å². The van der Waals surface area contributed by atoms with Crippen molar-refractivity contribution >= 4 is 5.97 Å². The smallest absolute Gasteiger partial charge is 0.378 e. The van der Waals surface area contributed by atoms with E-state index in [4.69, 9.17) is 4.74 Å². The summed E-state index contributed by atoms with van der Waals surface area (Å²) in [5.41, 5.74) is 0. The Morgan fingerprint density at radius 1 is 1.32 bits per heavy atom. The van der Waals surface area contributed by atoms with Crippen LogP contribution >= 0.6 is 0 Å². The van der Waals surface area contributed by atoms with Crippen molar-refractivity contribution in [2.75, 3.05) is 11.6 Å². The lowest BCUT2D eigenvalue weighted by Gasteiger charge is -2.41. The molecule has 1 aromatic heterocycles. The van der Waals surface area contributed by atoms with E-state index in [2.05, 4.69) is 29.1 Å². The number of aromatic nitrogens is 3. The number of ether oxygens (including phenoxy) is 1. The molecule has 1 aliphatic rings. The maximum atomic E-state index is 12.0. The number of carbonyl (C=O) groups is 1. The number of nitrogens with zero attached hydrogens (tertiary/aromatic N) is 4. The van der Waals surface area contributed by atoms with E-state index in [0.29, 0.717) is 18.7 Å². The standard InChI is InChI=1S/C13H22N4O2/c1-5-19-13(18)12-15-14-11(4)17(12)16-9(2)7-6-8-10(16)3/h9-10H,5-8H2,1-4H3. The van der Waals surface area contributed by atoms with Gasteiger partial charge in [0.1, 0.15) is 5.82 Å².